The van der Waals surface area contributed by atoms with Gasteiger partial charge in [0.05, 0.1) is 0 Å². The lowest BCUT2D eigenvalue weighted by atomic mass is 10.1. The maximum absolute atomic E-state index is 15.2. The number of hydrogen-bond acceptors (Lipinski definition) is 1. The van der Waals surface area contributed by atoms with Gasteiger partial charge in [0, 0.05) is 11.1 Å². The lowest BCUT2D eigenvalue weighted by Gasteiger charge is -2.31. The van der Waals surface area contributed by atoms with Crippen LogP contribution in [0.15, 0.2) is 60.7 Å². The number of benzene rings is 2. The van der Waals surface area contributed by atoms with Gasteiger partial charge < -0.3 is 4.43 Å². The first-order valence-corrected chi connectivity index (χ1v) is 10.9. The lowest BCUT2D eigenvalue weighted by Crippen LogP contribution is -2.35. The molecule has 0 bridgehead atoms. The average molecular weight is 329 g/mol. The van der Waals surface area contributed by atoms with Crippen molar-refractivity contribution in [2.24, 2.45) is 0 Å². The molecule has 0 unspecified atom stereocenters. The molecule has 23 heavy (non-hydrogen) atoms. The van der Waals surface area contributed by atoms with Crippen LogP contribution in [-0.4, -0.2) is 8.32 Å². The zero-order valence-electron chi connectivity index (χ0n) is 14.2. The molecule has 2 aromatic rings. The number of rotatable bonds is 7. The Balaban J connectivity index is 2.53. The Morgan fingerprint density at radius 3 is 1.65 bits per heavy atom. The summed E-state index contributed by atoms with van der Waals surface area (Å²) in [6, 6.07) is 21.7. The van der Waals surface area contributed by atoms with Crippen LogP contribution in [0.5, 0.6) is 0 Å². The first-order valence-electron chi connectivity index (χ1n) is 8.35. The molecule has 0 N–H and O–H groups in total. The molecule has 0 aromatic heterocycles. The predicted molar refractivity (Wildman–Crippen MR) is 99.1 cm³/mol. The van der Waals surface area contributed by atoms with Crippen LogP contribution < -0.4 is 0 Å². The molecule has 1 nitrogen and oxygen atoms in total. The summed E-state index contributed by atoms with van der Waals surface area (Å²) in [5.41, 5.74) is 1.37. The van der Waals surface area contributed by atoms with E-state index in [2.05, 4.69) is 20.8 Å². The van der Waals surface area contributed by atoms with Crippen molar-refractivity contribution in [2.45, 2.75) is 38.9 Å². The molecule has 0 heterocycles. The molecule has 0 amide bonds. The fourth-order valence-corrected chi connectivity index (χ4v) is 5.29. The van der Waals surface area contributed by atoms with Gasteiger partial charge in [-0.3, -0.25) is 0 Å². The van der Waals surface area contributed by atoms with Crippen molar-refractivity contribution in [3.63, 3.8) is 0 Å². The first kappa shape index (κ1) is 17.5. The molecule has 0 radical (unpaired) electrons. The minimum absolute atomic E-state index is 0.274. The topological polar surface area (TPSA) is 9.23 Å². The van der Waals surface area contributed by atoms with Gasteiger partial charge in [-0.25, -0.2) is 4.39 Å². The van der Waals surface area contributed by atoms with Crippen LogP contribution in [0.1, 0.15) is 31.9 Å². The van der Waals surface area contributed by atoms with E-state index in [9.17, 15) is 0 Å². The molecule has 0 atom stereocenters. The van der Waals surface area contributed by atoms with E-state index >= 15 is 4.39 Å². The zero-order chi connectivity index (χ0) is 16.7. The number of halogens is 1. The summed E-state index contributed by atoms with van der Waals surface area (Å²) in [6.45, 7) is 6.47. The Labute approximate surface area is 140 Å². The second kappa shape index (κ2) is 8.11. The van der Waals surface area contributed by atoms with Crippen molar-refractivity contribution in [1.82, 2.24) is 0 Å². The molecule has 0 aliphatic rings. The van der Waals surface area contributed by atoms with Crippen LogP contribution in [0.4, 0.5) is 4.39 Å². The highest BCUT2D eigenvalue weighted by atomic mass is 28.4. The van der Waals surface area contributed by atoms with Gasteiger partial charge in [0.1, 0.15) is 5.76 Å². The van der Waals surface area contributed by atoms with Gasteiger partial charge in [0.25, 0.3) is 8.32 Å². The summed E-state index contributed by atoms with van der Waals surface area (Å²) >= 11 is 0. The molecular weight excluding hydrogens is 303 g/mol. The van der Waals surface area contributed by atoms with Gasteiger partial charge in [-0.2, -0.15) is 0 Å². The van der Waals surface area contributed by atoms with Gasteiger partial charge >= 0.3 is 0 Å². The fourth-order valence-electron chi connectivity index (χ4n) is 2.72. The highest BCUT2D eigenvalue weighted by molar-refractivity contribution is 6.74. The maximum atomic E-state index is 15.2. The highest BCUT2D eigenvalue weighted by Gasteiger charge is 2.33. The van der Waals surface area contributed by atoms with E-state index in [0.717, 1.165) is 23.7 Å². The predicted octanol–water partition coefficient (Wildman–Crippen LogP) is 6.50. The highest BCUT2D eigenvalue weighted by Crippen LogP contribution is 2.34. The molecule has 0 aliphatic heterocycles. The van der Waals surface area contributed by atoms with Gasteiger partial charge in [-0.1, -0.05) is 81.4 Å². The Kier molecular flexibility index (Phi) is 6.17. The van der Waals surface area contributed by atoms with E-state index in [-0.39, 0.29) is 5.83 Å². The van der Waals surface area contributed by atoms with E-state index in [4.69, 9.17) is 4.43 Å². The van der Waals surface area contributed by atoms with Crippen LogP contribution in [0.3, 0.4) is 0 Å². The molecule has 3 heteroatoms. The van der Waals surface area contributed by atoms with Crippen LogP contribution in [0.25, 0.3) is 11.6 Å². The smallest absolute Gasteiger partial charge is 0.250 e. The zero-order valence-corrected chi connectivity index (χ0v) is 15.2. The van der Waals surface area contributed by atoms with Crippen molar-refractivity contribution < 1.29 is 8.82 Å². The van der Waals surface area contributed by atoms with E-state index < -0.39 is 8.32 Å². The monoisotopic (exact) mass is 328 g/mol. The Hall–Kier alpha value is -1.87. The summed E-state index contributed by atoms with van der Waals surface area (Å²) in [5, 5.41) is 0. The van der Waals surface area contributed by atoms with Gasteiger partial charge in [0.2, 0.25) is 0 Å². The SMILES string of the molecule is CC[Si](CC)(CC)O/C(=C(\F)c1ccccc1)c1ccccc1. The Morgan fingerprint density at radius 1 is 0.783 bits per heavy atom. The third-order valence-electron chi connectivity index (χ3n) is 4.51. The van der Waals surface area contributed by atoms with E-state index in [0.29, 0.717) is 11.3 Å². The van der Waals surface area contributed by atoms with Gasteiger partial charge in [-0.05, 0) is 18.1 Å². The molecule has 122 valence electrons. The molecule has 0 saturated heterocycles. The summed E-state index contributed by atoms with van der Waals surface area (Å²) in [7, 11) is -1.96. The van der Waals surface area contributed by atoms with E-state index in [1.807, 2.05) is 48.5 Å². The fraction of sp³-hybridized carbons (Fsp3) is 0.300. The Morgan fingerprint density at radius 2 is 1.22 bits per heavy atom. The molecule has 2 rings (SSSR count). The molecule has 0 fully saturated rings. The van der Waals surface area contributed by atoms with Crippen LogP contribution in [-0.2, 0) is 4.43 Å². The second-order valence-electron chi connectivity index (χ2n) is 5.72. The standard InChI is InChI=1S/C20H25FOSi/c1-4-23(5-2,6-3)22-20(18-15-11-8-12-16-18)19(21)17-13-9-7-10-14-17/h7-16H,4-6H2,1-3H3/b20-19-. The molecule has 0 aliphatic carbocycles. The quantitative estimate of drug-likeness (QED) is 0.320. The van der Waals surface area contributed by atoms with Crippen LogP contribution in [0.2, 0.25) is 18.1 Å². The summed E-state index contributed by atoms with van der Waals surface area (Å²) < 4.78 is 21.6. The van der Waals surface area contributed by atoms with Crippen molar-refractivity contribution in [2.75, 3.05) is 0 Å². The summed E-state index contributed by atoms with van der Waals surface area (Å²) in [4.78, 5) is 0. The largest absolute Gasteiger partial charge is 0.541 e. The van der Waals surface area contributed by atoms with Gasteiger partial charge in [0.15, 0.2) is 5.83 Å². The van der Waals surface area contributed by atoms with E-state index in [1.165, 1.54) is 0 Å². The second-order valence-corrected chi connectivity index (χ2v) is 10.4. The normalized spacial score (nSPS) is 12.7. The minimum Gasteiger partial charge on any atom is -0.541 e. The molecule has 0 spiro atoms. The van der Waals surface area contributed by atoms with Crippen LogP contribution >= 0.6 is 0 Å². The van der Waals surface area contributed by atoms with Crippen molar-refractivity contribution >= 4 is 19.9 Å². The van der Waals surface area contributed by atoms with Crippen LogP contribution in [0, 0.1) is 0 Å². The average Bonchev–Trinajstić information content (AvgIpc) is 2.64. The molecule has 0 saturated carbocycles. The summed E-state index contributed by atoms with van der Waals surface area (Å²) in [6.07, 6.45) is 0. The molecule has 2 aromatic carbocycles. The van der Waals surface area contributed by atoms with E-state index in [1.54, 1.807) is 12.1 Å². The Bertz CT molecular complexity index is 625. The molecular formula is C20H25FOSi. The number of hydrogen-bond donors (Lipinski definition) is 0. The maximum Gasteiger partial charge on any atom is 0.250 e. The minimum atomic E-state index is -1.96. The lowest BCUT2D eigenvalue weighted by molar-refractivity contribution is 0.484. The third-order valence-corrected chi connectivity index (χ3v) is 9.02. The first-order chi connectivity index (χ1) is 11.2. The van der Waals surface area contributed by atoms with Crippen molar-refractivity contribution in [3.05, 3.63) is 71.8 Å². The van der Waals surface area contributed by atoms with Crippen molar-refractivity contribution in [3.8, 4) is 0 Å². The van der Waals surface area contributed by atoms with Gasteiger partial charge in [-0.15, -0.1) is 0 Å². The third kappa shape index (κ3) is 4.11. The van der Waals surface area contributed by atoms with Crippen molar-refractivity contribution in [1.29, 1.82) is 0 Å². The summed E-state index contributed by atoms with van der Waals surface area (Å²) in [5.74, 6) is 0.123.